The van der Waals surface area contributed by atoms with E-state index in [1.807, 2.05) is 18.2 Å². The Labute approximate surface area is 153 Å². The van der Waals surface area contributed by atoms with Gasteiger partial charge in [0.05, 0.1) is 5.69 Å². The van der Waals surface area contributed by atoms with Gasteiger partial charge in [0.2, 0.25) is 0 Å². The van der Waals surface area contributed by atoms with Gasteiger partial charge in [-0.3, -0.25) is 20.4 Å². The maximum Gasteiger partial charge on any atom is 0.281 e. The van der Waals surface area contributed by atoms with Crippen LogP contribution in [0.2, 0.25) is 5.02 Å². The number of aromatic nitrogens is 1. The molecule has 7 heteroatoms. The van der Waals surface area contributed by atoms with Gasteiger partial charge in [-0.2, -0.15) is 0 Å². The largest absolute Gasteiger partial charge is 0.281 e. The van der Waals surface area contributed by atoms with Gasteiger partial charge in [0, 0.05) is 16.1 Å². The van der Waals surface area contributed by atoms with E-state index in [9.17, 15) is 9.59 Å². The van der Waals surface area contributed by atoms with Crippen molar-refractivity contribution in [2.75, 3.05) is 0 Å². The van der Waals surface area contributed by atoms with Crippen LogP contribution in [0.25, 0.3) is 10.6 Å². The van der Waals surface area contributed by atoms with E-state index in [0.29, 0.717) is 26.2 Å². The molecule has 126 valence electrons. The topological polar surface area (TPSA) is 71.1 Å². The molecule has 0 aliphatic carbocycles. The quantitative estimate of drug-likeness (QED) is 0.687. The Morgan fingerprint density at radius 1 is 1.00 bits per heavy atom. The summed E-state index contributed by atoms with van der Waals surface area (Å²) in [4.78, 5) is 29.2. The van der Waals surface area contributed by atoms with Gasteiger partial charge in [0.15, 0.2) is 0 Å². The fourth-order valence-electron chi connectivity index (χ4n) is 2.18. The standard InChI is InChI=1S/C18H14ClN3O2S/c1-11-15(25-18(20-11)13-8-5-9-14(19)10-13)17(24)22-21-16(23)12-6-3-2-4-7-12/h2-10H,1H3,(H,21,23)(H,22,24). The van der Waals surface area contributed by atoms with Crippen LogP contribution in [0.3, 0.4) is 0 Å². The number of benzene rings is 2. The van der Waals surface area contributed by atoms with Crippen LogP contribution in [0.1, 0.15) is 25.7 Å². The highest BCUT2D eigenvalue weighted by Crippen LogP contribution is 2.29. The number of rotatable bonds is 3. The molecule has 2 N–H and O–H groups in total. The molecule has 1 heterocycles. The van der Waals surface area contributed by atoms with Crippen molar-refractivity contribution in [1.29, 1.82) is 0 Å². The van der Waals surface area contributed by atoms with Crippen molar-refractivity contribution in [3.05, 3.63) is 75.8 Å². The molecule has 3 aromatic rings. The highest BCUT2D eigenvalue weighted by atomic mass is 35.5. The summed E-state index contributed by atoms with van der Waals surface area (Å²) in [5.41, 5.74) is 6.71. The average molecular weight is 372 g/mol. The number of thiazole rings is 1. The molecule has 5 nitrogen and oxygen atoms in total. The molecule has 0 atom stereocenters. The van der Waals surface area contributed by atoms with Gasteiger partial charge in [0.1, 0.15) is 9.88 Å². The number of carbonyl (C=O) groups excluding carboxylic acids is 2. The Kier molecular flexibility index (Phi) is 5.11. The van der Waals surface area contributed by atoms with Gasteiger partial charge in [0.25, 0.3) is 11.8 Å². The number of nitrogens with zero attached hydrogens (tertiary/aromatic N) is 1. The van der Waals surface area contributed by atoms with E-state index >= 15 is 0 Å². The maximum atomic E-state index is 12.3. The molecule has 0 radical (unpaired) electrons. The lowest BCUT2D eigenvalue weighted by molar-refractivity contribution is 0.0848. The normalized spacial score (nSPS) is 10.3. The minimum Gasteiger partial charge on any atom is -0.267 e. The lowest BCUT2D eigenvalue weighted by atomic mass is 10.2. The van der Waals surface area contributed by atoms with Crippen molar-refractivity contribution in [3.8, 4) is 10.6 Å². The molecule has 0 spiro atoms. The second kappa shape index (κ2) is 7.46. The Hall–Kier alpha value is -2.70. The number of aryl methyl sites for hydroxylation is 1. The summed E-state index contributed by atoms with van der Waals surface area (Å²) in [6.45, 7) is 1.75. The molecule has 0 bridgehead atoms. The van der Waals surface area contributed by atoms with Gasteiger partial charge in [-0.25, -0.2) is 4.98 Å². The third-order valence-electron chi connectivity index (χ3n) is 3.40. The first-order chi connectivity index (χ1) is 12.0. The second-order valence-corrected chi connectivity index (χ2v) is 6.65. The van der Waals surface area contributed by atoms with Gasteiger partial charge in [-0.15, -0.1) is 11.3 Å². The Bertz CT molecular complexity index is 925. The predicted octanol–water partition coefficient (Wildman–Crippen LogP) is 3.85. The van der Waals surface area contributed by atoms with Crippen molar-refractivity contribution in [2.24, 2.45) is 0 Å². The molecule has 0 fully saturated rings. The minimum absolute atomic E-state index is 0.383. The van der Waals surface area contributed by atoms with E-state index in [1.54, 1.807) is 43.3 Å². The molecule has 1 aromatic heterocycles. The van der Waals surface area contributed by atoms with Crippen LogP contribution in [-0.2, 0) is 0 Å². The number of hydrogen-bond acceptors (Lipinski definition) is 4. The van der Waals surface area contributed by atoms with Crippen LogP contribution in [0.4, 0.5) is 0 Å². The predicted molar refractivity (Wildman–Crippen MR) is 98.7 cm³/mol. The summed E-state index contributed by atoms with van der Waals surface area (Å²) in [6, 6.07) is 15.9. The Balaban J connectivity index is 1.71. The monoisotopic (exact) mass is 371 g/mol. The van der Waals surface area contributed by atoms with E-state index in [4.69, 9.17) is 11.6 Å². The number of hydrazine groups is 1. The van der Waals surface area contributed by atoms with Crippen LogP contribution in [0, 0.1) is 6.92 Å². The Morgan fingerprint density at radius 2 is 1.72 bits per heavy atom. The molecule has 25 heavy (non-hydrogen) atoms. The highest BCUT2D eigenvalue weighted by molar-refractivity contribution is 7.17. The summed E-state index contributed by atoms with van der Waals surface area (Å²) in [7, 11) is 0. The smallest absolute Gasteiger partial charge is 0.267 e. The average Bonchev–Trinajstić information content (AvgIpc) is 3.02. The summed E-state index contributed by atoms with van der Waals surface area (Å²) in [5.74, 6) is -0.793. The number of amides is 2. The van der Waals surface area contributed by atoms with Gasteiger partial charge in [-0.1, -0.05) is 41.9 Å². The van der Waals surface area contributed by atoms with Gasteiger partial charge < -0.3 is 0 Å². The first-order valence-corrected chi connectivity index (χ1v) is 8.63. The summed E-state index contributed by atoms with van der Waals surface area (Å²) in [5, 5.41) is 1.30. The molecule has 0 saturated carbocycles. The molecular weight excluding hydrogens is 358 g/mol. The third-order valence-corrected chi connectivity index (χ3v) is 4.84. The van der Waals surface area contributed by atoms with E-state index in [-0.39, 0.29) is 5.91 Å². The lowest BCUT2D eigenvalue weighted by Gasteiger charge is -2.06. The maximum absolute atomic E-state index is 12.3. The molecule has 2 aromatic carbocycles. The van der Waals surface area contributed by atoms with Crippen LogP contribution in [0.15, 0.2) is 54.6 Å². The van der Waals surface area contributed by atoms with Crippen molar-refractivity contribution in [3.63, 3.8) is 0 Å². The van der Waals surface area contributed by atoms with Crippen LogP contribution in [0.5, 0.6) is 0 Å². The number of nitrogens with one attached hydrogen (secondary N) is 2. The molecule has 0 aliphatic heterocycles. The Morgan fingerprint density at radius 3 is 2.44 bits per heavy atom. The summed E-state index contributed by atoms with van der Waals surface area (Å²) < 4.78 is 0. The summed E-state index contributed by atoms with van der Waals surface area (Å²) >= 11 is 7.24. The van der Waals surface area contributed by atoms with Crippen molar-refractivity contribution < 1.29 is 9.59 Å². The fraction of sp³-hybridized carbons (Fsp3) is 0.0556. The minimum atomic E-state index is -0.410. The van der Waals surface area contributed by atoms with Gasteiger partial charge in [-0.05, 0) is 31.2 Å². The van der Waals surface area contributed by atoms with Crippen LogP contribution < -0.4 is 10.9 Å². The zero-order valence-corrected chi connectivity index (χ0v) is 14.8. The van der Waals surface area contributed by atoms with Crippen molar-refractivity contribution in [1.82, 2.24) is 15.8 Å². The van der Waals surface area contributed by atoms with E-state index < -0.39 is 5.91 Å². The number of carbonyl (C=O) groups is 2. The zero-order chi connectivity index (χ0) is 17.8. The molecular formula is C18H14ClN3O2S. The molecule has 2 amide bonds. The van der Waals surface area contributed by atoms with E-state index in [0.717, 1.165) is 5.56 Å². The van der Waals surface area contributed by atoms with Crippen molar-refractivity contribution >= 4 is 34.8 Å². The van der Waals surface area contributed by atoms with Crippen molar-refractivity contribution in [2.45, 2.75) is 6.92 Å². The SMILES string of the molecule is Cc1nc(-c2cccc(Cl)c2)sc1C(=O)NNC(=O)c1ccccc1. The first kappa shape index (κ1) is 17.1. The van der Waals surface area contributed by atoms with Crippen LogP contribution in [-0.4, -0.2) is 16.8 Å². The van der Waals surface area contributed by atoms with E-state index in [2.05, 4.69) is 15.8 Å². The molecule has 0 saturated heterocycles. The lowest BCUT2D eigenvalue weighted by Crippen LogP contribution is -2.41. The summed E-state index contributed by atoms with van der Waals surface area (Å²) in [6.07, 6.45) is 0. The molecule has 3 rings (SSSR count). The highest BCUT2D eigenvalue weighted by Gasteiger charge is 2.17. The number of hydrogen-bond donors (Lipinski definition) is 2. The zero-order valence-electron chi connectivity index (χ0n) is 13.2. The molecule has 0 unspecified atom stereocenters. The first-order valence-electron chi connectivity index (χ1n) is 7.43. The number of halogens is 1. The van der Waals surface area contributed by atoms with Gasteiger partial charge >= 0.3 is 0 Å². The fourth-order valence-corrected chi connectivity index (χ4v) is 3.33. The second-order valence-electron chi connectivity index (χ2n) is 5.22. The third kappa shape index (κ3) is 4.04. The molecule has 0 aliphatic rings. The van der Waals surface area contributed by atoms with E-state index in [1.165, 1.54) is 11.3 Å². The van der Waals surface area contributed by atoms with Crippen LogP contribution >= 0.6 is 22.9 Å².